The standard InChI is InChI=1S/C9H5ClN2O3S/c10-6-2-1-5(16-6)8-11-4(9(14)15)3-7(13)12-8/h1-3H,(H,14,15)(H,11,12,13). The molecule has 7 heteroatoms. The van der Waals surface area contributed by atoms with Crippen molar-refractivity contribution in [1.29, 1.82) is 0 Å². The van der Waals surface area contributed by atoms with E-state index in [4.69, 9.17) is 16.7 Å². The van der Waals surface area contributed by atoms with Gasteiger partial charge in [-0.15, -0.1) is 11.3 Å². The van der Waals surface area contributed by atoms with E-state index in [-0.39, 0.29) is 11.5 Å². The van der Waals surface area contributed by atoms with Crippen LogP contribution in [0.15, 0.2) is 23.0 Å². The zero-order chi connectivity index (χ0) is 11.7. The maximum absolute atomic E-state index is 11.2. The first-order valence-corrected chi connectivity index (χ1v) is 5.36. The van der Waals surface area contributed by atoms with E-state index < -0.39 is 11.5 Å². The number of thiophene rings is 1. The lowest BCUT2D eigenvalue weighted by molar-refractivity contribution is 0.0690. The number of hydrogen-bond donors (Lipinski definition) is 2. The molecule has 0 atom stereocenters. The lowest BCUT2D eigenvalue weighted by Crippen LogP contribution is -2.13. The fourth-order valence-corrected chi connectivity index (χ4v) is 2.11. The predicted octanol–water partition coefficient (Wildman–Crippen LogP) is 1.85. The van der Waals surface area contributed by atoms with Crippen LogP contribution < -0.4 is 5.56 Å². The molecule has 16 heavy (non-hydrogen) atoms. The van der Waals surface area contributed by atoms with E-state index in [0.29, 0.717) is 9.21 Å². The molecule has 0 saturated heterocycles. The molecule has 0 spiro atoms. The van der Waals surface area contributed by atoms with Crippen molar-refractivity contribution in [1.82, 2.24) is 9.97 Å². The van der Waals surface area contributed by atoms with Gasteiger partial charge in [-0.1, -0.05) is 11.6 Å². The van der Waals surface area contributed by atoms with Crippen molar-refractivity contribution in [2.75, 3.05) is 0 Å². The summed E-state index contributed by atoms with van der Waals surface area (Å²) in [7, 11) is 0. The Balaban J connectivity index is 2.57. The van der Waals surface area contributed by atoms with Crippen LogP contribution in [0, 0.1) is 0 Å². The number of rotatable bonds is 2. The molecule has 0 fully saturated rings. The first-order valence-electron chi connectivity index (χ1n) is 4.16. The highest BCUT2D eigenvalue weighted by molar-refractivity contribution is 7.19. The van der Waals surface area contributed by atoms with Gasteiger partial charge >= 0.3 is 5.97 Å². The van der Waals surface area contributed by atoms with E-state index in [9.17, 15) is 9.59 Å². The molecule has 0 radical (unpaired) electrons. The fourth-order valence-electron chi connectivity index (χ4n) is 1.13. The Labute approximate surface area is 98.4 Å². The third-order valence-electron chi connectivity index (χ3n) is 1.77. The van der Waals surface area contributed by atoms with E-state index in [2.05, 4.69) is 9.97 Å². The first-order chi connectivity index (χ1) is 7.56. The molecule has 2 aromatic rings. The Hall–Kier alpha value is -1.66. The lowest BCUT2D eigenvalue weighted by atomic mass is 10.3. The lowest BCUT2D eigenvalue weighted by Gasteiger charge is -1.97. The Morgan fingerprint density at radius 1 is 1.50 bits per heavy atom. The minimum Gasteiger partial charge on any atom is -0.477 e. The molecule has 0 unspecified atom stereocenters. The van der Waals surface area contributed by atoms with Crippen LogP contribution in [0.4, 0.5) is 0 Å². The molecule has 0 aliphatic carbocycles. The first kappa shape index (κ1) is 10.8. The second kappa shape index (κ2) is 4.07. The second-order valence-corrected chi connectivity index (χ2v) is 4.60. The van der Waals surface area contributed by atoms with Crippen LogP contribution in [0.1, 0.15) is 10.5 Å². The smallest absolute Gasteiger partial charge is 0.354 e. The summed E-state index contributed by atoms with van der Waals surface area (Å²) in [5.74, 6) is -1.03. The summed E-state index contributed by atoms with van der Waals surface area (Å²) in [5, 5.41) is 8.75. The van der Waals surface area contributed by atoms with Crippen molar-refractivity contribution in [3.05, 3.63) is 38.6 Å². The van der Waals surface area contributed by atoms with Gasteiger partial charge in [0.25, 0.3) is 5.56 Å². The van der Waals surface area contributed by atoms with Gasteiger partial charge in [0, 0.05) is 6.07 Å². The van der Waals surface area contributed by atoms with E-state index in [1.165, 1.54) is 11.3 Å². The Kier molecular flexibility index (Phi) is 2.76. The average Bonchev–Trinajstić information content (AvgIpc) is 2.64. The number of aromatic carboxylic acids is 1. The Morgan fingerprint density at radius 2 is 2.25 bits per heavy atom. The zero-order valence-electron chi connectivity index (χ0n) is 7.73. The fraction of sp³-hybridized carbons (Fsp3) is 0. The van der Waals surface area contributed by atoms with Crippen LogP contribution in [0.5, 0.6) is 0 Å². The summed E-state index contributed by atoms with van der Waals surface area (Å²) >= 11 is 6.94. The molecule has 2 aromatic heterocycles. The van der Waals surface area contributed by atoms with Gasteiger partial charge in [-0.05, 0) is 12.1 Å². The topological polar surface area (TPSA) is 83.0 Å². The van der Waals surface area contributed by atoms with Gasteiger partial charge in [0.1, 0.15) is 0 Å². The number of carbonyl (C=O) groups is 1. The van der Waals surface area contributed by atoms with Crippen molar-refractivity contribution in [2.24, 2.45) is 0 Å². The number of hydrogen-bond acceptors (Lipinski definition) is 4. The van der Waals surface area contributed by atoms with Crippen molar-refractivity contribution in [3.63, 3.8) is 0 Å². The number of nitrogens with one attached hydrogen (secondary N) is 1. The van der Waals surface area contributed by atoms with Crippen molar-refractivity contribution >= 4 is 28.9 Å². The van der Waals surface area contributed by atoms with E-state index in [0.717, 1.165) is 6.07 Å². The summed E-state index contributed by atoms with van der Waals surface area (Å²) in [6, 6.07) is 4.24. The van der Waals surface area contributed by atoms with Crippen LogP contribution in [0.3, 0.4) is 0 Å². The van der Waals surface area contributed by atoms with Crippen LogP contribution in [-0.4, -0.2) is 21.0 Å². The normalized spacial score (nSPS) is 10.3. The molecule has 0 aromatic carbocycles. The molecule has 0 saturated carbocycles. The molecular weight excluding hydrogens is 252 g/mol. The van der Waals surface area contributed by atoms with Gasteiger partial charge in [-0.2, -0.15) is 0 Å². The van der Waals surface area contributed by atoms with Gasteiger partial charge in [-0.3, -0.25) is 4.79 Å². The van der Waals surface area contributed by atoms with Crippen LogP contribution in [0.2, 0.25) is 4.34 Å². The number of H-pyrrole nitrogens is 1. The molecule has 0 aliphatic heterocycles. The van der Waals surface area contributed by atoms with Crippen molar-refractivity contribution in [3.8, 4) is 10.7 Å². The molecule has 5 nitrogen and oxygen atoms in total. The molecule has 2 rings (SSSR count). The van der Waals surface area contributed by atoms with E-state index in [1.54, 1.807) is 12.1 Å². The summed E-state index contributed by atoms with van der Waals surface area (Å²) in [5.41, 5.74) is -0.796. The highest BCUT2D eigenvalue weighted by Crippen LogP contribution is 2.28. The maximum Gasteiger partial charge on any atom is 0.354 e. The third-order valence-corrected chi connectivity index (χ3v) is 3.01. The average molecular weight is 257 g/mol. The molecule has 0 amide bonds. The maximum atomic E-state index is 11.2. The van der Waals surface area contributed by atoms with Crippen molar-refractivity contribution in [2.45, 2.75) is 0 Å². The summed E-state index contributed by atoms with van der Waals surface area (Å²) < 4.78 is 0.540. The van der Waals surface area contributed by atoms with Gasteiger partial charge in [-0.25, -0.2) is 9.78 Å². The van der Waals surface area contributed by atoms with E-state index >= 15 is 0 Å². The van der Waals surface area contributed by atoms with Crippen LogP contribution >= 0.6 is 22.9 Å². The predicted molar refractivity (Wildman–Crippen MR) is 60.1 cm³/mol. The quantitative estimate of drug-likeness (QED) is 0.859. The largest absolute Gasteiger partial charge is 0.477 e. The number of halogens is 1. The Bertz CT molecular complexity index is 605. The molecule has 0 bridgehead atoms. The summed E-state index contributed by atoms with van der Waals surface area (Å²) in [6.45, 7) is 0. The zero-order valence-corrected chi connectivity index (χ0v) is 9.30. The number of nitrogens with zero attached hydrogens (tertiary/aromatic N) is 1. The number of carboxylic acids is 1. The van der Waals surface area contributed by atoms with Gasteiger partial charge in [0.05, 0.1) is 9.21 Å². The van der Waals surface area contributed by atoms with Gasteiger partial charge in [0.2, 0.25) is 0 Å². The Morgan fingerprint density at radius 3 is 2.81 bits per heavy atom. The summed E-state index contributed by atoms with van der Waals surface area (Å²) in [4.78, 5) is 28.8. The van der Waals surface area contributed by atoms with Gasteiger partial charge < -0.3 is 10.1 Å². The number of carboxylic acid groups (broad SMARTS) is 1. The molecule has 0 aliphatic rings. The number of aromatic amines is 1. The van der Waals surface area contributed by atoms with E-state index in [1.807, 2.05) is 0 Å². The second-order valence-electron chi connectivity index (χ2n) is 2.89. The highest BCUT2D eigenvalue weighted by atomic mass is 35.5. The molecule has 2 heterocycles. The van der Waals surface area contributed by atoms with Crippen molar-refractivity contribution < 1.29 is 9.90 Å². The summed E-state index contributed by atoms with van der Waals surface area (Å²) in [6.07, 6.45) is 0. The monoisotopic (exact) mass is 256 g/mol. The third kappa shape index (κ3) is 2.12. The number of aromatic nitrogens is 2. The van der Waals surface area contributed by atoms with Crippen LogP contribution in [0.25, 0.3) is 10.7 Å². The minimum atomic E-state index is -1.24. The molecule has 82 valence electrons. The van der Waals surface area contributed by atoms with Crippen LogP contribution in [-0.2, 0) is 0 Å². The SMILES string of the molecule is O=C(O)c1cc(=O)[nH]c(-c2ccc(Cl)s2)n1. The molecular formula is C9H5ClN2O3S. The van der Waals surface area contributed by atoms with Gasteiger partial charge in [0.15, 0.2) is 11.5 Å². The molecule has 2 N–H and O–H groups in total. The highest BCUT2D eigenvalue weighted by Gasteiger charge is 2.10. The minimum absolute atomic E-state index is 0.210.